The number of nitrogens with one attached hydrogen (secondary N) is 1. The number of quaternary nitrogens is 1. The zero-order chi connectivity index (χ0) is 11.5. The lowest BCUT2D eigenvalue weighted by Crippen LogP contribution is -2.99. The molecule has 7 heteroatoms. The molecule has 0 amide bonds. The second kappa shape index (κ2) is 4.62. The summed E-state index contributed by atoms with van der Waals surface area (Å²) in [5.41, 5.74) is 0. The van der Waals surface area contributed by atoms with E-state index in [2.05, 4.69) is 9.97 Å². The highest BCUT2D eigenvalue weighted by atomic mass is 32.2. The van der Waals surface area contributed by atoms with Crippen LogP contribution in [0.1, 0.15) is 0 Å². The van der Waals surface area contributed by atoms with Gasteiger partial charge >= 0.3 is 0 Å². The summed E-state index contributed by atoms with van der Waals surface area (Å²) < 4.78 is 1.67. The van der Waals surface area contributed by atoms with Gasteiger partial charge < -0.3 is 9.77 Å². The van der Waals surface area contributed by atoms with Gasteiger partial charge in [0.05, 0.1) is 0 Å². The van der Waals surface area contributed by atoms with Crippen LogP contribution in [-0.4, -0.2) is 19.7 Å². The third kappa shape index (κ3) is 2.22. The summed E-state index contributed by atoms with van der Waals surface area (Å²) >= 11 is 1.28. The number of nitrogens with zero attached hydrogens (tertiary/aromatic N) is 3. The summed E-state index contributed by atoms with van der Waals surface area (Å²) in [7, 11) is 1.75. The van der Waals surface area contributed by atoms with Crippen LogP contribution in [-0.2, 0) is 7.05 Å². The van der Waals surface area contributed by atoms with Crippen LogP contribution in [0.25, 0.3) is 0 Å². The van der Waals surface area contributed by atoms with Gasteiger partial charge in [0.2, 0.25) is 0 Å². The van der Waals surface area contributed by atoms with Crippen molar-refractivity contribution < 1.29 is 10.4 Å². The first-order valence-corrected chi connectivity index (χ1v) is 5.33. The molecule has 2 heterocycles. The second-order valence-corrected chi connectivity index (χ2v) is 4.09. The first-order valence-electron chi connectivity index (χ1n) is 4.52. The molecule has 0 bridgehead atoms. The van der Waals surface area contributed by atoms with E-state index in [9.17, 15) is 5.21 Å². The molecule has 84 valence electrons. The lowest BCUT2D eigenvalue weighted by atomic mass is 10.5. The maximum atomic E-state index is 10.9. The Morgan fingerprint density at radius 1 is 1.44 bits per heavy atom. The van der Waals surface area contributed by atoms with Gasteiger partial charge in [-0.15, -0.1) is 0 Å². The van der Waals surface area contributed by atoms with Gasteiger partial charge in [-0.05, 0) is 23.9 Å². The minimum absolute atomic E-state index is 0.0538. The molecule has 2 rings (SSSR count). The third-order valence-corrected chi connectivity index (χ3v) is 3.05. The third-order valence-electron chi connectivity index (χ3n) is 1.92. The van der Waals surface area contributed by atoms with Crippen LogP contribution in [0, 0.1) is 5.21 Å². The van der Waals surface area contributed by atoms with E-state index in [1.165, 1.54) is 18.1 Å². The average molecular weight is 238 g/mol. The Kier molecular flexibility index (Phi) is 3.20. The van der Waals surface area contributed by atoms with Gasteiger partial charge in [0, 0.05) is 13.2 Å². The number of hydrogen-bond acceptors (Lipinski definition) is 5. The van der Waals surface area contributed by atoms with Gasteiger partial charge in [0.25, 0.3) is 5.82 Å². The number of pyridine rings is 1. The van der Waals surface area contributed by atoms with Gasteiger partial charge in [-0.3, -0.25) is 0 Å². The van der Waals surface area contributed by atoms with Crippen LogP contribution in [0.2, 0.25) is 0 Å². The number of aromatic nitrogens is 3. The number of aryl methyl sites for hydroxylation is 1. The molecule has 2 aromatic heterocycles. The molecule has 0 aliphatic rings. The monoisotopic (exact) mass is 238 g/mol. The van der Waals surface area contributed by atoms with Crippen molar-refractivity contribution in [3.05, 3.63) is 35.9 Å². The highest BCUT2D eigenvalue weighted by Crippen LogP contribution is 2.28. The molecule has 0 aliphatic heterocycles. The summed E-state index contributed by atoms with van der Waals surface area (Å²) in [6, 6.07) is 5.49. The summed E-state index contributed by atoms with van der Waals surface area (Å²) in [6.45, 7) is 0. The number of hydrogen-bond donors (Lipinski definition) is 2. The van der Waals surface area contributed by atoms with Gasteiger partial charge in [-0.25, -0.2) is 10.2 Å². The van der Waals surface area contributed by atoms with E-state index < -0.39 is 5.23 Å². The molecular weight excluding hydrogens is 228 g/mol. The molecule has 0 aliphatic carbocycles. The molecule has 0 spiro atoms. The smallest absolute Gasteiger partial charge is 0.291 e. The first-order chi connectivity index (χ1) is 7.68. The Bertz CT molecular complexity index is 472. The maximum absolute atomic E-state index is 10.9. The first kappa shape index (κ1) is 11.1. The van der Waals surface area contributed by atoms with E-state index in [1.54, 1.807) is 17.8 Å². The zero-order valence-corrected chi connectivity index (χ0v) is 9.31. The molecular formula is C9H10N4O2S. The number of rotatable bonds is 3. The Labute approximate surface area is 96.1 Å². The largest absolute Gasteiger partial charge is 0.594 e. The summed E-state index contributed by atoms with van der Waals surface area (Å²) in [5.74, 6) is 0.0538. The van der Waals surface area contributed by atoms with Crippen molar-refractivity contribution in [2.45, 2.75) is 10.1 Å². The normalized spacial score (nSPS) is 12.7. The highest BCUT2D eigenvalue weighted by Gasteiger charge is 2.16. The fourth-order valence-corrected chi connectivity index (χ4v) is 2.08. The molecule has 2 aromatic rings. The molecule has 16 heavy (non-hydrogen) atoms. The van der Waals surface area contributed by atoms with Gasteiger partial charge in [-0.1, -0.05) is 6.07 Å². The van der Waals surface area contributed by atoms with E-state index in [4.69, 9.17) is 5.21 Å². The molecule has 1 unspecified atom stereocenters. The van der Waals surface area contributed by atoms with Crippen LogP contribution >= 0.6 is 11.8 Å². The SMILES string of the molecule is Cn1cnc([NH+]([O-])O)c1Sc1ccccn1. The minimum atomic E-state index is -1.03. The summed E-state index contributed by atoms with van der Waals surface area (Å²) in [5, 5.41) is 20.2. The summed E-state index contributed by atoms with van der Waals surface area (Å²) in [6.07, 6.45) is 3.15. The lowest BCUT2D eigenvalue weighted by Gasteiger charge is -2.10. The predicted octanol–water partition coefficient (Wildman–Crippen LogP) is 0.370. The summed E-state index contributed by atoms with van der Waals surface area (Å²) in [4.78, 5) is 7.95. The molecule has 0 saturated carbocycles. The Morgan fingerprint density at radius 2 is 2.25 bits per heavy atom. The van der Waals surface area contributed by atoms with Crippen LogP contribution in [0.5, 0.6) is 0 Å². The van der Waals surface area contributed by atoms with Crippen molar-refractivity contribution in [2.24, 2.45) is 7.05 Å². The van der Waals surface area contributed by atoms with Crippen molar-refractivity contribution >= 4 is 17.6 Å². The van der Waals surface area contributed by atoms with Gasteiger partial charge in [0.1, 0.15) is 11.4 Å². The average Bonchev–Trinajstić information content (AvgIpc) is 2.62. The maximum Gasteiger partial charge on any atom is 0.291 e. The quantitative estimate of drug-likeness (QED) is 0.755. The van der Waals surface area contributed by atoms with Crippen molar-refractivity contribution in [2.75, 3.05) is 0 Å². The van der Waals surface area contributed by atoms with E-state index in [0.717, 1.165) is 5.03 Å². The fourth-order valence-electron chi connectivity index (χ4n) is 1.19. The molecule has 2 N–H and O–H groups in total. The van der Waals surface area contributed by atoms with E-state index in [1.807, 2.05) is 18.2 Å². The van der Waals surface area contributed by atoms with E-state index >= 15 is 0 Å². The molecule has 1 atom stereocenters. The Hall–Kier alpha value is -1.41. The van der Waals surface area contributed by atoms with Gasteiger partial charge in [-0.2, -0.15) is 10.2 Å². The lowest BCUT2D eigenvalue weighted by molar-refractivity contribution is -0.994. The molecule has 6 nitrogen and oxygen atoms in total. The minimum Gasteiger partial charge on any atom is -0.594 e. The van der Waals surface area contributed by atoms with Gasteiger partial charge in [0.15, 0.2) is 5.03 Å². The van der Waals surface area contributed by atoms with E-state index in [-0.39, 0.29) is 5.82 Å². The fraction of sp³-hybridized carbons (Fsp3) is 0.111. The molecule has 0 radical (unpaired) electrons. The van der Waals surface area contributed by atoms with Crippen LogP contribution in [0.4, 0.5) is 5.82 Å². The molecule has 0 aromatic carbocycles. The Balaban J connectivity index is 2.31. The zero-order valence-electron chi connectivity index (χ0n) is 8.49. The topological polar surface area (TPSA) is 78.4 Å². The van der Waals surface area contributed by atoms with Crippen molar-refractivity contribution in [3.8, 4) is 0 Å². The van der Waals surface area contributed by atoms with Crippen LogP contribution in [0.3, 0.4) is 0 Å². The van der Waals surface area contributed by atoms with Crippen molar-refractivity contribution in [1.29, 1.82) is 0 Å². The molecule has 0 saturated heterocycles. The second-order valence-electron chi connectivity index (χ2n) is 3.08. The highest BCUT2D eigenvalue weighted by molar-refractivity contribution is 7.99. The van der Waals surface area contributed by atoms with Crippen molar-refractivity contribution in [1.82, 2.24) is 14.5 Å². The molecule has 0 fully saturated rings. The van der Waals surface area contributed by atoms with Crippen molar-refractivity contribution in [3.63, 3.8) is 0 Å². The number of imidazole rings is 1. The van der Waals surface area contributed by atoms with Crippen LogP contribution < -0.4 is 5.23 Å². The van der Waals surface area contributed by atoms with Crippen LogP contribution in [0.15, 0.2) is 40.8 Å². The standard InChI is InChI=1S/C9H10N4O2S/c1-12-6-11-8(13(14)15)9(12)16-7-4-2-3-5-10-7/h2-6,13-14H,1H3. The Morgan fingerprint density at radius 3 is 2.88 bits per heavy atom. The predicted molar refractivity (Wildman–Crippen MR) is 57.3 cm³/mol. The van der Waals surface area contributed by atoms with E-state index in [0.29, 0.717) is 5.03 Å².